The zero-order valence-corrected chi connectivity index (χ0v) is 11.1. The Balaban J connectivity index is 2.29. The van der Waals surface area contributed by atoms with E-state index >= 15 is 0 Å². The highest BCUT2D eigenvalue weighted by molar-refractivity contribution is 5.25. The van der Waals surface area contributed by atoms with Crippen molar-refractivity contribution in [2.24, 2.45) is 5.92 Å². The molecule has 0 fully saturated rings. The van der Waals surface area contributed by atoms with Crippen LogP contribution in [-0.2, 0) is 4.74 Å². The van der Waals surface area contributed by atoms with E-state index in [1.54, 1.807) is 11.1 Å². The van der Waals surface area contributed by atoms with Gasteiger partial charge in [0.2, 0.25) is 0 Å². The van der Waals surface area contributed by atoms with Crippen LogP contribution in [0.3, 0.4) is 0 Å². The number of allylic oxidation sites excluding steroid dienone is 4. The highest BCUT2D eigenvalue weighted by atomic mass is 16.5. The molecule has 0 amide bonds. The SMILES string of the molecule is CCOCCCC(C)C1=CC=C(CC)CC1. The minimum absolute atomic E-state index is 0.732. The van der Waals surface area contributed by atoms with E-state index in [9.17, 15) is 0 Å². The molecule has 0 aromatic heterocycles. The molecule has 0 N–H and O–H groups in total. The van der Waals surface area contributed by atoms with Crippen LogP contribution in [0.4, 0.5) is 0 Å². The Bertz CT molecular complexity index is 250. The molecule has 1 heteroatoms. The molecule has 0 radical (unpaired) electrons. The molecule has 1 unspecified atom stereocenters. The van der Waals surface area contributed by atoms with Gasteiger partial charge in [0.05, 0.1) is 0 Å². The summed E-state index contributed by atoms with van der Waals surface area (Å²) >= 11 is 0. The predicted molar refractivity (Wildman–Crippen MR) is 70.6 cm³/mol. The maximum Gasteiger partial charge on any atom is 0.0466 e. The van der Waals surface area contributed by atoms with Gasteiger partial charge >= 0.3 is 0 Å². The monoisotopic (exact) mass is 222 g/mol. The van der Waals surface area contributed by atoms with Crippen LogP contribution in [-0.4, -0.2) is 13.2 Å². The van der Waals surface area contributed by atoms with Crippen LogP contribution < -0.4 is 0 Å². The maximum atomic E-state index is 5.37. The second-order valence-electron chi connectivity index (χ2n) is 4.66. The summed E-state index contributed by atoms with van der Waals surface area (Å²) in [5, 5.41) is 0. The van der Waals surface area contributed by atoms with Gasteiger partial charge in [0.1, 0.15) is 0 Å². The van der Waals surface area contributed by atoms with E-state index in [0.29, 0.717) is 0 Å². The quantitative estimate of drug-likeness (QED) is 0.576. The molecule has 16 heavy (non-hydrogen) atoms. The summed E-state index contributed by atoms with van der Waals surface area (Å²) < 4.78 is 5.37. The molecule has 0 heterocycles. The smallest absolute Gasteiger partial charge is 0.0466 e. The van der Waals surface area contributed by atoms with E-state index in [0.717, 1.165) is 19.1 Å². The van der Waals surface area contributed by atoms with E-state index in [-0.39, 0.29) is 0 Å². The fourth-order valence-electron chi connectivity index (χ4n) is 2.22. The number of rotatable bonds is 7. The second kappa shape index (κ2) is 7.67. The third-order valence-corrected chi connectivity index (χ3v) is 3.48. The van der Waals surface area contributed by atoms with E-state index in [2.05, 4.69) is 32.9 Å². The van der Waals surface area contributed by atoms with Gasteiger partial charge in [-0.05, 0) is 44.9 Å². The lowest BCUT2D eigenvalue weighted by Crippen LogP contribution is -2.05. The Kier molecular flexibility index (Phi) is 6.47. The highest BCUT2D eigenvalue weighted by Crippen LogP contribution is 2.27. The van der Waals surface area contributed by atoms with Gasteiger partial charge in [-0.3, -0.25) is 0 Å². The lowest BCUT2D eigenvalue weighted by atomic mass is 9.87. The molecule has 1 aliphatic rings. The van der Waals surface area contributed by atoms with Crippen LogP contribution in [0.1, 0.15) is 52.9 Å². The molecular formula is C15H26O. The molecule has 1 rings (SSSR count). The Hall–Kier alpha value is -0.560. The summed E-state index contributed by atoms with van der Waals surface area (Å²) in [6.45, 7) is 8.42. The van der Waals surface area contributed by atoms with Crippen molar-refractivity contribution in [2.45, 2.75) is 52.9 Å². The molecule has 92 valence electrons. The topological polar surface area (TPSA) is 9.23 Å². The van der Waals surface area contributed by atoms with Gasteiger partial charge in [-0.2, -0.15) is 0 Å². The van der Waals surface area contributed by atoms with E-state index < -0.39 is 0 Å². The van der Waals surface area contributed by atoms with Crippen molar-refractivity contribution >= 4 is 0 Å². The molecule has 0 aromatic rings. The Labute approximate surface area is 101 Å². The largest absolute Gasteiger partial charge is 0.382 e. The van der Waals surface area contributed by atoms with Crippen molar-refractivity contribution in [3.05, 3.63) is 23.3 Å². The minimum Gasteiger partial charge on any atom is -0.382 e. The van der Waals surface area contributed by atoms with E-state index in [1.165, 1.54) is 32.1 Å². The molecule has 0 saturated heterocycles. The summed E-state index contributed by atoms with van der Waals surface area (Å²) in [4.78, 5) is 0. The molecule has 0 aliphatic heterocycles. The lowest BCUT2D eigenvalue weighted by Gasteiger charge is -2.19. The first-order valence-electron chi connectivity index (χ1n) is 6.74. The Morgan fingerprint density at radius 1 is 1.25 bits per heavy atom. The van der Waals surface area contributed by atoms with Crippen molar-refractivity contribution in [1.29, 1.82) is 0 Å². The molecule has 0 saturated carbocycles. The molecule has 1 aliphatic carbocycles. The third kappa shape index (κ3) is 4.52. The molecule has 0 bridgehead atoms. The van der Waals surface area contributed by atoms with E-state index in [1.807, 2.05) is 0 Å². The Morgan fingerprint density at radius 2 is 2.06 bits per heavy atom. The van der Waals surface area contributed by atoms with Crippen LogP contribution in [0.5, 0.6) is 0 Å². The van der Waals surface area contributed by atoms with Crippen LogP contribution in [0.2, 0.25) is 0 Å². The summed E-state index contributed by atoms with van der Waals surface area (Å²) in [5.41, 5.74) is 3.24. The van der Waals surface area contributed by atoms with Gasteiger partial charge in [0, 0.05) is 13.2 Å². The summed E-state index contributed by atoms with van der Waals surface area (Å²) in [6, 6.07) is 0. The van der Waals surface area contributed by atoms with Crippen molar-refractivity contribution < 1.29 is 4.74 Å². The van der Waals surface area contributed by atoms with Crippen molar-refractivity contribution in [3.63, 3.8) is 0 Å². The average Bonchev–Trinajstić information content (AvgIpc) is 2.34. The van der Waals surface area contributed by atoms with Crippen LogP contribution >= 0.6 is 0 Å². The molecular weight excluding hydrogens is 196 g/mol. The lowest BCUT2D eigenvalue weighted by molar-refractivity contribution is 0.141. The first-order valence-corrected chi connectivity index (χ1v) is 6.74. The van der Waals surface area contributed by atoms with Crippen molar-refractivity contribution in [3.8, 4) is 0 Å². The summed E-state index contributed by atoms with van der Waals surface area (Å²) in [6.07, 6.45) is 10.9. The van der Waals surface area contributed by atoms with Crippen molar-refractivity contribution in [2.75, 3.05) is 13.2 Å². The minimum atomic E-state index is 0.732. The molecule has 1 atom stereocenters. The number of ether oxygens (including phenoxy) is 1. The Morgan fingerprint density at radius 3 is 2.62 bits per heavy atom. The first-order chi connectivity index (χ1) is 7.77. The third-order valence-electron chi connectivity index (χ3n) is 3.48. The van der Waals surface area contributed by atoms with Gasteiger partial charge in [-0.15, -0.1) is 0 Å². The van der Waals surface area contributed by atoms with Gasteiger partial charge in [-0.1, -0.05) is 37.1 Å². The fraction of sp³-hybridized carbons (Fsp3) is 0.733. The fourth-order valence-corrected chi connectivity index (χ4v) is 2.22. The van der Waals surface area contributed by atoms with Gasteiger partial charge in [0.15, 0.2) is 0 Å². The van der Waals surface area contributed by atoms with Gasteiger partial charge < -0.3 is 4.74 Å². The van der Waals surface area contributed by atoms with Gasteiger partial charge in [-0.25, -0.2) is 0 Å². The maximum absolute atomic E-state index is 5.37. The van der Waals surface area contributed by atoms with Gasteiger partial charge in [0.25, 0.3) is 0 Å². The molecule has 0 aromatic carbocycles. The number of hydrogen-bond acceptors (Lipinski definition) is 1. The van der Waals surface area contributed by atoms with Crippen LogP contribution in [0, 0.1) is 5.92 Å². The zero-order valence-electron chi connectivity index (χ0n) is 11.1. The predicted octanol–water partition coefficient (Wildman–Crippen LogP) is 4.50. The summed E-state index contributed by atoms with van der Waals surface area (Å²) in [5.74, 6) is 0.732. The molecule has 1 nitrogen and oxygen atoms in total. The standard InChI is InChI=1S/C15H26O/c1-4-14-8-10-15(11-9-14)13(3)7-6-12-16-5-2/h8,10,13H,4-7,9,11-12H2,1-3H3. The van der Waals surface area contributed by atoms with Crippen LogP contribution in [0.15, 0.2) is 23.3 Å². The first kappa shape index (κ1) is 13.5. The summed E-state index contributed by atoms with van der Waals surface area (Å²) in [7, 11) is 0. The second-order valence-corrected chi connectivity index (χ2v) is 4.66. The number of hydrogen-bond donors (Lipinski definition) is 0. The molecule has 0 spiro atoms. The normalized spacial score (nSPS) is 17.9. The van der Waals surface area contributed by atoms with Crippen LogP contribution in [0.25, 0.3) is 0 Å². The van der Waals surface area contributed by atoms with Crippen molar-refractivity contribution in [1.82, 2.24) is 0 Å². The van der Waals surface area contributed by atoms with E-state index in [4.69, 9.17) is 4.74 Å². The zero-order chi connectivity index (χ0) is 11.8. The highest BCUT2D eigenvalue weighted by Gasteiger charge is 2.11. The average molecular weight is 222 g/mol.